The number of rotatable bonds is 7. The van der Waals surface area contributed by atoms with E-state index >= 15 is 0 Å². The van der Waals surface area contributed by atoms with E-state index in [0.29, 0.717) is 4.99 Å². The summed E-state index contributed by atoms with van der Waals surface area (Å²) in [5.74, 6) is 0. The van der Waals surface area contributed by atoms with Crippen LogP contribution in [0.1, 0.15) is 43.7 Å². The fourth-order valence-corrected chi connectivity index (χ4v) is 2.38. The minimum Gasteiger partial charge on any atom is -0.389 e. The van der Waals surface area contributed by atoms with E-state index in [-0.39, 0.29) is 0 Å². The van der Waals surface area contributed by atoms with E-state index in [9.17, 15) is 0 Å². The molecule has 3 heteroatoms. The first kappa shape index (κ1) is 13.5. The van der Waals surface area contributed by atoms with Crippen LogP contribution in [0.25, 0.3) is 0 Å². The van der Waals surface area contributed by atoms with Crippen molar-refractivity contribution in [1.29, 1.82) is 0 Å². The van der Waals surface area contributed by atoms with Gasteiger partial charge in [-0.15, -0.1) is 0 Å². The maximum atomic E-state index is 5.68. The largest absolute Gasteiger partial charge is 0.389 e. The Morgan fingerprint density at radius 1 is 1.44 bits per heavy atom. The summed E-state index contributed by atoms with van der Waals surface area (Å²) in [6.07, 6.45) is 5.26. The third-order valence-corrected chi connectivity index (χ3v) is 3.70. The molecule has 0 amide bonds. The summed E-state index contributed by atoms with van der Waals surface area (Å²) in [7, 11) is 0. The van der Waals surface area contributed by atoms with Crippen LogP contribution in [-0.4, -0.2) is 22.5 Å². The molecule has 2 rings (SSSR count). The molecular weight excluding hydrogens is 240 g/mol. The Balaban J connectivity index is 2.01. The van der Waals surface area contributed by atoms with Crippen molar-refractivity contribution in [1.82, 2.24) is 4.90 Å². The molecule has 0 atom stereocenters. The highest BCUT2D eigenvalue weighted by Crippen LogP contribution is 2.28. The second-order valence-corrected chi connectivity index (χ2v) is 5.56. The number of hydrogen-bond acceptors (Lipinski definition) is 2. The molecule has 2 nitrogen and oxygen atoms in total. The van der Waals surface area contributed by atoms with Crippen LogP contribution in [0, 0.1) is 0 Å². The topological polar surface area (TPSA) is 29.3 Å². The second kappa shape index (κ2) is 6.30. The monoisotopic (exact) mass is 262 g/mol. The van der Waals surface area contributed by atoms with Crippen molar-refractivity contribution >= 4 is 17.2 Å². The van der Waals surface area contributed by atoms with Crippen LogP contribution in [0.2, 0.25) is 0 Å². The third kappa shape index (κ3) is 3.79. The number of hydrogen-bond donors (Lipinski definition) is 1. The molecule has 0 unspecified atom stereocenters. The molecule has 1 aliphatic rings. The first-order chi connectivity index (χ1) is 8.70. The van der Waals surface area contributed by atoms with Gasteiger partial charge in [0.1, 0.15) is 4.99 Å². The van der Waals surface area contributed by atoms with Crippen molar-refractivity contribution < 1.29 is 0 Å². The normalized spacial score (nSPS) is 15.0. The SMILES string of the molecule is CCCCN(Cc1cccc(C(N)=S)c1)C1CC1. The molecule has 0 radical (unpaired) electrons. The fourth-order valence-electron chi connectivity index (χ4n) is 2.25. The average molecular weight is 262 g/mol. The maximum Gasteiger partial charge on any atom is 0.103 e. The van der Waals surface area contributed by atoms with Gasteiger partial charge in [0, 0.05) is 18.2 Å². The molecule has 1 fully saturated rings. The van der Waals surface area contributed by atoms with Crippen molar-refractivity contribution in [2.24, 2.45) is 5.73 Å². The summed E-state index contributed by atoms with van der Waals surface area (Å²) >= 11 is 5.03. The van der Waals surface area contributed by atoms with Crippen molar-refractivity contribution in [2.45, 2.75) is 45.2 Å². The van der Waals surface area contributed by atoms with Gasteiger partial charge in [-0.25, -0.2) is 0 Å². The molecule has 0 spiro atoms. The predicted molar refractivity (Wildman–Crippen MR) is 80.7 cm³/mol. The second-order valence-electron chi connectivity index (χ2n) is 5.12. The Morgan fingerprint density at radius 2 is 2.22 bits per heavy atom. The molecule has 0 heterocycles. The molecule has 18 heavy (non-hydrogen) atoms. The molecule has 0 aliphatic heterocycles. The summed E-state index contributed by atoms with van der Waals surface area (Å²) in [4.78, 5) is 3.09. The van der Waals surface area contributed by atoms with Gasteiger partial charge in [0.25, 0.3) is 0 Å². The zero-order valence-electron chi connectivity index (χ0n) is 11.1. The van der Waals surface area contributed by atoms with Crippen molar-refractivity contribution in [3.05, 3.63) is 35.4 Å². The van der Waals surface area contributed by atoms with Crippen LogP contribution in [0.15, 0.2) is 24.3 Å². The van der Waals surface area contributed by atoms with Gasteiger partial charge in [-0.05, 0) is 37.4 Å². The zero-order valence-corrected chi connectivity index (χ0v) is 11.9. The van der Waals surface area contributed by atoms with E-state index in [1.807, 2.05) is 6.07 Å². The Hall–Kier alpha value is -0.930. The number of nitrogens with zero attached hydrogens (tertiary/aromatic N) is 1. The summed E-state index contributed by atoms with van der Waals surface area (Å²) in [6, 6.07) is 9.14. The molecule has 1 saturated carbocycles. The molecule has 1 aliphatic carbocycles. The van der Waals surface area contributed by atoms with Crippen LogP contribution in [0.4, 0.5) is 0 Å². The van der Waals surface area contributed by atoms with E-state index in [2.05, 4.69) is 30.0 Å². The van der Waals surface area contributed by atoms with E-state index in [4.69, 9.17) is 18.0 Å². The summed E-state index contributed by atoms with van der Waals surface area (Å²) in [5, 5.41) is 0. The number of thiocarbonyl (C=S) groups is 1. The van der Waals surface area contributed by atoms with Crippen LogP contribution in [0.5, 0.6) is 0 Å². The third-order valence-electron chi connectivity index (χ3n) is 3.46. The molecule has 1 aromatic rings. The molecule has 1 aromatic carbocycles. The Kier molecular flexibility index (Phi) is 4.72. The lowest BCUT2D eigenvalue weighted by atomic mass is 10.1. The van der Waals surface area contributed by atoms with Gasteiger partial charge in [0.2, 0.25) is 0 Å². The average Bonchev–Trinajstić information content (AvgIpc) is 3.19. The first-order valence-electron chi connectivity index (χ1n) is 6.83. The first-order valence-corrected chi connectivity index (χ1v) is 7.24. The molecule has 98 valence electrons. The summed E-state index contributed by atoms with van der Waals surface area (Å²) in [5.41, 5.74) is 7.99. The minimum absolute atomic E-state index is 0.489. The smallest absolute Gasteiger partial charge is 0.103 e. The highest BCUT2D eigenvalue weighted by Gasteiger charge is 2.28. The van der Waals surface area contributed by atoms with Crippen molar-refractivity contribution in [3.8, 4) is 0 Å². The van der Waals surface area contributed by atoms with Gasteiger partial charge >= 0.3 is 0 Å². The van der Waals surface area contributed by atoms with Crippen LogP contribution in [-0.2, 0) is 6.54 Å². The number of unbranched alkanes of at least 4 members (excludes halogenated alkanes) is 1. The van der Waals surface area contributed by atoms with Gasteiger partial charge in [-0.3, -0.25) is 4.90 Å². The molecular formula is C15H22N2S. The Morgan fingerprint density at radius 3 is 2.83 bits per heavy atom. The number of nitrogens with two attached hydrogens (primary N) is 1. The zero-order chi connectivity index (χ0) is 13.0. The van der Waals surface area contributed by atoms with E-state index in [0.717, 1.165) is 18.2 Å². The lowest BCUT2D eigenvalue weighted by Crippen LogP contribution is -2.26. The van der Waals surface area contributed by atoms with Gasteiger partial charge in [0.05, 0.1) is 0 Å². The van der Waals surface area contributed by atoms with E-state index < -0.39 is 0 Å². The maximum absolute atomic E-state index is 5.68. The Bertz CT molecular complexity index is 413. The Labute approximate surface area is 115 Å². The molecule has 0 aromatic heterocycles. The molecule has 2 N–H and O–H groups in total. The summed E-state index contributed by atoms with van der Waals surface area (Å²) in [6.45, 7) is 4.48. The van der Waals surface area contributed by atoms with Crippen molar-refractivity contribution in [2.75, 3.05) is 6.54 Å². The van der Waals surface area contributed by atoms with E-state index in [1.54, 1.807) is 0 Å². The highest BCUT2D eigenvalue weighted by molar-refractivity contribution is 7.80. The minimum atomic E-state index is 0.489. The summed E-state index contributed by atoms with van der Waals surface area (Å²) < 4.78 is 0. The van der Waals surface area contributed by atoms with Crippen LogP contribution < -0.4 is 5.73 Å². The van der Waals surface area contributed by atoms with Gasteiger partial charge < -0.3 is 5.73 Å². The quantitative estimate of drug-likeness (QED) is 0.766. The van der Waals surface area contributed by atoms with Crippen LogP contribution in [0.3, 0.4) is 0 Å². The van der Waals surface area contributed by atoms with Gasteiger partial charge in [-0.2, -0.15) is 0 Å². The van der Waals surface area contributed by atoms with Crippen molar-refractivity contribution in [3.63, 3.8) is 0 Å². The molecule has 0 bridgehead atoms. The standard InChI is InChI=1S/C15H22N2S/c1-2-3-9-17(14-7-8-14)11-12-5-4-6-13(10-12)15(16)18/h4-6,10,14H,2-3,7-9,11H2,1H3,(H2,16,18). The fraction of sp³-hybridized carbons (Fsp3) is 0.533. The lowest BCUT2D eigenvalue weighted by molar-refractivity contribution is 0.250. The van der Waals surface area contributed by atoms with Crippen LogP contribution >= 0.6 is 12.2 Å². The van der Waals surface area contributed by atoms with Gasteiger partial charge in [-0.1, -0.05) is 43.8 Å². The lowest BCUT2D eigenvalue weighted by Gasteiger charge is -2.22. The van der Waals surface area contributed by atoms with E-state index in [1.165, 1.54) is 37.8 Å². The number of benzene rings is 1. The molecule has 0 saturated heterocycles. The van der Waals surface area contributed by atoms with Gasteiger partial charge in [0.15, 0.2) is 0 Å². The highest BCUT2D eigenvalue weighted by atomic mass is 32.1. The predicted octanol–water partition coefficient (Wildman–Crippen LogP) is 3.09.